The molecule has 2 aliphatic rings. The van der Waals surface area contributed by atoms with Crippen molar-refractivity contribution in [2.24, 2.45) is 10.9 Å². The third-order valence-corrected chi connectivity index (χ3v) is 7.53. The molecule has 3 aromatic carbocycles. The number of nitrogens with zero attached hydrogens (tertiary/aromatic N) is 1. The molecule has 0 N–H and O–H groups in total. The average molecular weight is 528 g/mol. The fourth-order valence-corrected chi connectivity index (χ4v) is 5.64. The van der Waals surface area contributed by atoms with Crippen LogP contribution in [0.5, 0.6) is 5.75 Å². The van der Waals surface area contributed by atoms with Crippen molar-refractivity contribution in [2.75, 3.05) is 6.61 Å². The fraction of sp³-hybridized carbons (Fsp3) is 0.281. The van der Waals surface area contributed by atoms with Crippen molar-refractivity contribution >= 4 is 29.1 Å². The SMILES string of the molecule is CCOc1ccc([C@@H]2C(C(=O)OCc3ccccc3)=C(C)N=C3C[C@@H](c4ccc(Cl)cc4)CC(=O)C32)cc1. The zero-order valence-electron chi connectivity index (χ0n) is 21.5. The summed E-state index contributed by atoms with van der Waals surface area (Å²) >= 11 is 6.09. The third-order valence-electron chi connectivity index (χ3n) is 7.28. The molecule has 1 aliphatic carbocycles. The fourth-order valence-electron chi connectivity index (χ4n) is 5.51. The Kier molecular flexibility index (Phi) is 7.75. The second kappa shape index (κ2) is 11.4. The van der Waals surface area contributed by atoms with Gasteiger partial charge in [-0.15, -0.1) is 0 Å². The molecular formula is C32H30ClNO4. The van der Waals surface area contributed by atoms with E-state index in [1.165, 1.54) is 0 Å². The molecule has 1 unspecified atom stereocenters. The predicted octanol–water partition coefficient (Wildman–Crippen LogP) is 7.06. The molecule has 5 rings (SSSR count). The number of esters is 1. The van der Waals surface area contributed by atoms with Crippen LogP contribution in [0.25, 0.3) is 0 Å². The van der Waals surface area contributed by atoms with E-state index >= 15 is 0 Å². The molecule has 3 aromatic rings. The van der Waals surface area contributed by atoms with Crippen LogP contribution in [0.15, 0.2) is 95.1 Å². The van der Waals surface area contributed by atoms with Crippen LogP contribution in [-0.2, 0) is 20.9 Å². The monoisotopic (exact) mass is 527 g/mol. The van der Waals surface area contributed by atoms with Crippen LogP contribution < -0.4 is 4.74 Å². The Hall–Kier alpha value is -3.70. The van der Waals surface area contributed by atoms with Gasteiger partial charge in [0, 0.05) is 28.8 Å². The van der Waals surface area contributed by atoms with Gasteiger partial charge in [0.15, 0.2) is 0 Å². The van der Waals surface area contributed by atoms with Gasteiger partial charge >= 0.3 is 5.97 Å². The first-order valence-electron chi connectivity index (χ1n) is 12.9. The summed E-state index contributed by atoms with van der Waals surface area (Å²) in [5.74, 6) is -0.585. The van der Waals surface area contributed by atoms with Gasteiger partial charge in [-0.2, -0.15) is 0 Å². The quantitative estimate of drug-likeness (QED) is 0.309. The number of carbonyl (C=O) groups excluding carboxylic acids is 2. The number of benzene rings is 3. The second-order valence-corrected chi connectivity index (χ2v) is 10.2. The molecule has 0 aromatic heterocycles. The summed E-state index contributed by atoms with van der Waals surface area (Å²) in [5, 5.41) is 0.664. The Bertz CT molecular complexity index is 1380. The highest BCUT2D eigenvalue weighted by Crippen LogP contribution is 2.46. The van der Waals surface area contributed by atoms with E-state index in [1.54, 1.807) is 0 Å². The molecule has 0 amide bonds. The predicted molar refractivity (Wildman–Crippen MR) is 149 cm³/mol. The molecule has 1 heterocycles. The number of carbonyl (C=O) groups is 2. The molecule has 1 fully saturated rings. The van der Waals surface area contributed by atoms with Crippen LogP contribution in [0.3, 0.4) is 0 Å². The largest absolute Gasteiger partial charge is 0.494 e. The topological polar surface area (TPSA) is 65.0 Å². The van der Waals surface area contributed by atoms with Gasteiger partial charge in [-0.1, -0.05) is 66.2 Å². The Morgan fingerprint density at radius 2 is 1.61 bits per heavy atom. The molecule has 1 aliphatic heterocycles. The van der Waals surface area contributed by atoms with Gasteiger partial charge in [-0.3, -0.25) is 9.79 Å². The summed E-state index contributed by atoms with van der Waals surface area (Å²) < 4.78 is 11.4. The minimum atomic E-state index is -0.514. The Balaban J connectivity index is 1.51. The summed E-state index contributed by atoms with van der Waals surface area (Å²) in [6.45, 7) is 4.48. The van der Waals surface area contributed by atoms with E-state index in [2.05, 4.69) is 0 Å². The zero-order chi connectivity index (χ0) is 26.6. The van der Waals surface area contributed by atoms with E-state index in [9.17, 15) is 9.59 Å². The van der Waals surface area contributed by atoms with Gasteiger partial charge in [-0.25, -0.2) is 4.79 Å². The lowest BCUT2D eigenvalue weighted by molar-refractivity contribution is -0.140. The Labute approximate surface area is 228 Å². The van der Waals surface area contributed by atoms with Crippen LogP contribution in [0.4, 0.5) is 0 Å². The molecule has 0 radical (unpaired) electrons. The second-order valence-electron chi connectivity index (χ2n) is 9.74. The maximum absolute atomic E-state index is 13.8. The van der Waals surface area contributed by atoms with Gasteiger partial charge < -0.3 is 9.47 Å². The zero-order valence-corrected chi connectivity index (χ0v) is 22.3. The average Bonchev–Trinajstić information content (AvgIpc) is 2.92. The number of ketones is 1. The number of allylic oxidation sites excluding steroid dienone is 1. The number of rotatable bonds is 7. The molecule has 6 heteroatoms. The highest BCUT2D eigenvalue weighted by Gasteiger charge is 2.46. The van der Waals surface area contributed by atoms with Crippen molar-refractivity contribution in [2.45, 2.75) is 45.1 Å². The van der Waals surface area contributed by atoms with Crippen LogP contribution in [-0.4, -0.2) is 24.1 Å². The lowest BCUT2D eigenvalue weighted by Gasteiger charge is -2.38. The minimum absolute atomic E-state index is 0.0233. The van der Waals surface area contributed by atoms with Crippen molar-refractivity contribution in [3.05, 3.63) is 112 Å². The van der Waals surface area contributed by atoms with Crippen molar-refractivity contribution < 1.29 is 19.1 Å². The number of aliphatic imine (C=N–C) groups is 1. The first-order chi connectivity index (χ1) is 18.4. The number of hydrogen-bond acceptors (Lipinski definition) is 5. The van der Waals surface area contributed by atoms with E-state index < -0.39 is 17.8 Å². The molecule has 3 atom stereocenters. The molecule has 0 bridgehead atoms. The molecule has 38 heavy (non-hydrogen) atoms. The van der Waals surface area contributed by atoms with Gasteiger partial charge in [-0.05, 0) is 67.1 Å². The van der Waals surface area contributed by atoms with Crippen LogP contribution in [0.1, 0.15) is 55.2 Å². The van der Waals surface area contributed by atoms with Crippen LogP contribution in [0, 0.1) is 5.92 Å². The highest BCUT2D eigenvalue weighted by molar-refractivity contribution is 6.30. The van der Waals surface area contributed by atoms with Gasteiger partial charge in [0.1, 0.15) is 18.1 Å². The van der Waals surface area contributed by atoms with Gasteiger partial charge in [0.05, 0.1) is 18.1 Å². The number of ether oxygens (including phenoxy) is 2. The summed E-state index contributed by atoms with van der Waals surface area (Å²) in [6.07, 6.45) is 1.03. The van der Waals surface area contributed by atoms with E-state index in [-0.39, 0.29) is 18.3 Å². The van der Waals surface area contributed by atoms with E-state index in [4.69, 9.17) is 26.1 Å². The number of Topliss-reactive ketones (excluding diaryl/α,β-unsaturated/α-hetero) is 1. The van der Waals surface area contributed by atoms with E-state index in [0.717, 1.165) is 28.2 Å². The van der Waals surface area contributed by atoms with E-state index in [0.29, 0.717) is 35.7 Å². The number of halogens is 1. The lowest BCUT2D eigenvalue weighted by atomic mass is 9.66. The minimum Gasteiger partial charge on any atom is -0.494 e. The summed E-state index contributed by atoms with van der Waals surface area (Å²) in [5.41, 5.74) is 4.69. The third kappa shape index (κ3) is 5.44. The summed E-state index contributed by atoms with van der Waals surface area (Å²) in [6, 6.07) is 24.9. The Morgan fingerprint density at radius 3 is 2.29 bits per heavy atom. The summed E-state index contributed by atoms with van der Waals surface area (Å²) in [4.78, 5) is 32.2. The van der Waals surface area contributed by atoms with Crippen LogP contribution in [0.2, 0.25) is 5.02 Å². The molecular weight excluding hydrogens is 498 g/mol. The molecule has 194 valence electrons. The normalized spacial score (nSPS) is 21.0. The number of fused-ring (bicyclic) bond motifs is 1. The molecule has 0 saturated heterocycles. The molecule has 5 nitrogen and oxygen atoms in total. The highest BCUT2D eigenvalue weighted by atomic mass is 35.5. The maximum atomic E-state index is 13.8. The smallest absolute Gasteiger partial charge is 0.336 e. The van der Waals surface area contributed by atoms with E-state index in [1.807, 2.05) is 92.7 Å². The maximum Gasteiger partial charge on any atom is 0.336 e. The summed E-state index contributed by atoms with van der Waals surface area (Å²) in [7, 11) is 0. The molecule has 1 saturated carbocycles. The van der Waals surface area contributed by atoms with Crippen molar-refractivity contribution in [1.29, 1.82) is 0 Å². The van der Waals surface area contributed by atoms with Crippen molar-refractivity contribution in [1.82, 2.24) is 0 Å². The first kappa shape index (κ1) is 25.9. The number of hydrogen-bond donors (Lipinski definition) is 0. The molecule has 0 spiro atoms. The first-order valence-corrected chi connectivity index (χ1v) is 13.3. The van der Waals surface area contributed by atoms with Gasteiger partial charge in [0.25, 0.3) is 0 Å². The standard InChI is InChI=1S/C32H30ClNO4/c1-3-37-26-15-11-23(12-16-26)30-29(32(36)38-19-21-7-5-4-6-8-21)20(2)34-27-17-24(18-28(35)31(27)30)22-9-13-25(33)14-10-22/h4-16,24,30-31H,3,17-19H2,1-2H3/t24-,30-,31?/m1/s1. The Morgan fingerprint density at radius 1 is 0.921 bits per heavy atom. The van der Waals surface area contributed by atoms with Gasteiger partial charge in [0.2, 0.25) is 0 Å². The van der Waals surface area contributed by atoms with Crippen LogP contribution >= 0.6 is 11.6 Å². The van der Waals surface area contributed by atoms with Crippen molar-refractivity contribution in [3.8, 4) is 5.75 Å². The van der Waals surface area contributed by atoms with Crippen molar-refractivity contribution in [3.63, 3.8) is 0 Å². The lowest BCUT2D eigenvalue weighted by Crippen LogP contribution is -2.41.